The molecule has 5 heteroatoms. The lowest BCUT2D eigenvalue weighted by Crippen LogP contribution is -2.35. The van der Waals surface area contributed by atoms with Gasteiger partial charge >= 0.3 is 0 Å². The third-order valence-electron chi connectivity index (χ3n) is 6.49. The molecule has 0 heterocycles. The number of benzene rings is 3. The summed E-state index contributed by atoms with van der Waals surface area (Å²) < 4.78 is 13.8. The summed E-state index contributed by atoms with van der Waals surface area (Å²) in [5, 5.41) is 0. The average molecular weight is 459 g/mol. The van der Waals surface area contributed by atoms with Crippen molar-refractivity contribution in [1.29, 1.82) is 0 Å². The molecular formula is C29H31FN2O2. The molecule has 4 nitrogen and oxygen atoms in total. The van der Waals surface area contributed by atoms with Crippen molar-refractivity contribution in [3.8, 4) is 0 Å². The number of likely N-dealkylation sites (N-methyl/N-ethyl adjacent to an activating group) is 1. The SMILES string of the molecule is CN(Cc1ccccc1)C(=O)Cc1ccc(N(Cc2cccc(F)c2)C(=O)C2CCCC2)cc1. The van der Waals surface area contributed by atoms with Gasteiger partial charge in [0.2, 0.25) is 11.8 Å². The molecule has 176 valence electrons. The maximum Gasteiger partial charge on any atom is 0.230 e. The van der Waals surface area contributed by atoms with Gasteiger partial charge < -0.3 is 9.80 Å². The first-order valence-electron chi connectivity index (χ1n) is 11.9. The van der Waals surface area contributed by atoms with Gasteiger partial charge in [-0.15, -0.1) is 0 Å². The summed E-state index contributed by atoms with van der Waals surface area (Å²) in [6, 6.07) is 23.9. The van der Waals surface area contributed by atoms with Crippen LogP contribution in [0.3, 0.4) is 0 Å². The van der Waals surface area contributed by atoms with E-state index in [4.69, 9.17) is 0 Å². The molecule has 0 spiro atoms. The molecule has 3 aromatic rings. The van der Waals surface area contributed by atoms with Gasteiger partial charge in [0.15, 0.2) is 0 Å². The minimum absolute atomic E-state index is 0.0152. The second kappa shape index (κ2) is 11.1. The predicted octanol–water partition coefficient (Wildman–Crippen LogP) is 5.75. The van der Waals surface area contributed by atoms with E-state index in [0.717, 1.165) is 48.1 Å². The first-order valence-corrected chi connectivity index (χ1v) is 11.9. The zero-order chi connectivity index (χ0) is 23.9. The summed E-state index contributed by atoms with van der Waals surface area (Å²) in [6.45, 7) is 0.889. The maximum absolute atomic E-state index is 13.8. The van der Waals surface area contributed by atoms with Gasteiger partial charge in [0.1, 0.15) is 5.82 Å². The van der Waals surface area contributed by atoms with Crippen molar-refractivity contribution in [2.45, 2.75) is 45.2 Å². The molecule has 1 aliphatic carbocycles. The Morgan fingerprint density at radius 1 is 0.824 bits per heavy atom. The summed E-state index contributed by atoms with van der Waals surface area (Å²) in [5.41, 5.74) is 3.52. The van der Waals surface area contributed by atoms with E-state index in [2.05, 4.69) is 0 Å². The maximum atomic E-state index is 13.8. The van der Waals surface area contributed by atoms with Gasteiger partial charge in [-0.2, -0.15) is 0 Å². The smallest absolute Gasteiger partial charge is 0.230 e. The van der Waals surface area contributed by atoms with Crippen LogP contribution in [0.25, 0.3) is 0 Å². The van der Waals surface area contributed by atoms with E-state index >= 15 is 0 Å². The molecule has 0 atom stereocenters. The predicted molar refractivity (Wildman–Crippen MR) is 133 cm³/mol. The zero-order valence-corrected chi connectivity index (χ0v) is 19.6. The summed E-state index contributed by atoms with van der Waals surface area (Å²) in [6.07, 6.45) is 4.24. The van der Waals surface area contributed by atoms with E-state index < -0.39 is 0 Å². The molecule has 0 saturated heterocycles. The topological polar surface area (TPSA) is 40.6 Å². The van der Waals surface area contributed by atoms with Crippen LogP contribution in [0.5, 0.6) is 0 Å². The van der Waals surface area contributed by atoms with Crippen LogP contribution in [0.4, 0.5) is 10.1 Å². The van der Waals surface area contributed by atoms with E-state index in [9.17, 15) is 14.0 Å². The van der Waals surface area contributed by atoms with Gasteiger partial charge in [0, 0.05) is 25.2 Å². The zero-order valence-electron chi connectivity index (χ0n) is 19.6. The number of nitrogens with zero attached hydrogens (tertiary/aromatic N) is 2. The number of carbonyl (C=O) groups excluding carboxylic acids is 2. The Labute approximate surface area is 201 Å². The highest BCUT2D eigenvalue weighted by Crippen LogP contribution is 2.30. The summed E-state index contributed by atoms with van der Waals surface area (Å²) in [4.78, 5) is 29.5. The normalized spacial score (nSPS) is 13.6. The van der Waals surface area contributed by atoms with E-state index in [-0.39, 0.29) is 23.5 Å². The van der Waals surface area contributed by atoms with Crippen LogP contribution in [0, 0.1) is 11.7 Å². The average Bonchev–Trinajstić information content (AvgIpc) is 3.38. The number of amides is 2. The summed E-state index contributed by atoms with van der Waals surface area (Å²) in [5.74, 6) is -0.163. The lowest BCUT2D eigenvalue weighted by atomic mass is 10.0. The van der Waals surface area contributed by atoms with Crippen molar-refractivity contribution in [2.24, 2.45) is 5.92 Å². The number of anilines is 1. The molecule has 1 fully saturated rings. The Morgan fingerprint density at radius 3 is 2.18 bits per heavy atom. The summed E-state index contributed by atoms with van der Waals surface area (Å²) in [7, 11) is 1.81. The Bertz CT molecular complexity index is 1110. The molecule has 2 amide bonds. The van der Waals surface area contributed by atoms with Gasteiger partial charge in [0.05, 0.1) is 13.0 Å². The fraction of sp³-hybridized carbons (Fsp3) is 0.310. The van der Waals surface area contributed by atoms with Crippen molar-refractivity contribution >= 4 is 17.5 Å². The van der Waals surface area contributed by atoms with Crippen LogP contribution < -0.4 is 4.90 Å². The molecular weight excluding hydrogens is 427 g/mol. The summed E-state index contributed by atoms with van der Waals surface area (Å²) >= 11 is 0. The van der Waals surface area contributed by atoms with E-state index in [1.54, 1.807) is 15.9 Å². The standard InChI is InChI=1S/C29H31FN2O2/c1-31(20-23-8-3-2-4-9-23)28(33)19-22-14-16-27(17-15-22)32(29(34)25-11-5-6-12-25)21-24-10-7-13-26(30)18-24/h2-4,7-10,13-18,25H,5-6,11-12,19-21H2,1H3. The van der Waals surface area contributed by atoms with Crippen LogP contribution in [0.15, 0.2) is 78.9 Å². The molecule has 4 rings (SSSR count). The third kappa shape index (κ3) is 6.10. The minimum Gasteiger partial charge on any atom is -0.341 e. The van der Waals surface area contributed by atoms with Crippen LogP contribution >= 0.6 is 0 Å². The second-order valence-corrected chi connectivity index (χ2v) is 9.11. The molecule has 0 aromatic heterocycles. The Morgan fingerprint density at radius 2 is 1.50 bits per heavy atom. The number of halogens is 1. The highest BCUT2D eigenvalue weighted by molar-refractivity contribution is 5.95. The molecule has 0 bridgehead atoms. The van der Waals surface area contributed by atoms with Crippen LogP contribution in [-0.4, -0.2) is 23.8 Å². The van der Waals surface area contributed by atoms with Gasteiger partial charge in [-0.1, -0.05) is 67.4 Å². The number of hydrogen-bond donors (Lipinski definition) is 0. The number of hydrogen-bond acceptors (Lipinski definition) is 2. The van der Waals surface area contributed by atoms with Crippen LogP contribution in [-0.2, 0) is 29.1 Å². The van der Waals surface area contributed by atoms with Gasteiger partial charge in [-0.3, -0.25) is 9.59 Å². The van der Waals surface area contributed by atoms with Crippen LogP contribution in [0.1, 0.15) is 42.4 Å². The largest absolute Gasteiger partial charge is 0.341 e. The van der Waals surface area contributed by atoms with Gasteiger partial charge in [-0.05, 0) is 53.8 Å². The minimum atomic E-state index is -0.306. The van der Waals surface area contributed by atoms with E-state index in [1.165, 1.54) is 12.1 Å². The molecule has 1 aliphatic rings. The highest BCUT2D eigenvalue weighted by atomic mass is 19.1. The van der Waals surface area contributed by atoms with E-state index in [1.807, 2.05) is 67.7 Å². The fourth-order valence-electron chi connectivity index (χ4n) is 4.56. The van der Waals surface area contributed by atoms with Gasteiger partial charge in [0.25, 0.3) is 0 Å². The van der Waals surface area contributed by atoms with Crippen molar-refractivity contribution in [1.82, 2.24) is 4.90 Å². The van der Waals surface area contributed by atoms with Crippen molar-refractivity contribution in [2.75, 3.05) is 11.9 Å². The molecule has 0 unspecified atom stereocenters. The molecule has 1 saturated carbocycles. The second-order valence-electron chi connectivity index (χ2n) is 9.11. The van der Waals surface area contributed by atoms with Crippen molar-refractivity contribution in [3.63, 3.8) is 0 Å². The number of carbonyl (C=O) groups is 2. The molecule has 0 aliphatic heterocycles. The molecule has 0 N–H and O–H groups in total. The quantitative estimate of drug-likeness (QED) is 0.431. The first kappa shape index (κ1) is 23.7. The molecule has 34 heavy (non-hydrogen) atoms. The fourth-order valence-corrected chi connectivity index (χ4v) is 4.56. The third-order valence-corrected chi connectivity index (χ3v) is 6.49. The monoisotopic (exact) mass is 458 g/mol. The Hall–Kier alpha value is -3.47. The lowest BCUT2D eigenvalue weighted by Gasteiger charge is -2.26. The molecule has 3 aromatic carbocycles. The van der Waals surface area contributed by atoms with Crippen molar-refractivity contribution in [3.05, 3.63) is 101 Å². The Balaban J connectivity index is 1.46. The number of rotatable bonds is 8. The van der Waals surface area contributed by atoms with Gasteiger partial charge in [-0.25, -0.2) is 4.39 Å². The Kier molecular flexibility index (Phi) is 7.73. The van der Waals surface area contributed by atoms with Crippen LogP contribution in [0.2, 0.25) is 0 Å². The first-order chi connectivity index (χ1) is 16.5. The van der Waals surface area contributed by atoms with E-state index in [0.29, 0.717) is 19.5 Å². The van der Waals surface area contributed by atoms with Crippen molar-refractivity contribution < 1.29 is 14.0 Å². The highest BCUT2D eigenvalue weighted by Gasteiger charge is 2.28. The lowest BCUT2D eigenvalue weighted by molar-refractivity contribution is -0.129. The molecule has 0 radical (unpaired) electrons.